The Labute approximate surface area is 43.1 Å². The van der Waals surface area contributed by atoms with Gasteiger partial charge in [-0.1, -0.05) is 6.08 Å². The van der Waals surface area contributed by atoms with Crippen molar-refractivity contribution in [3.05, 3.63) is 12.3 Å². The number of rotatable bonds is 2. The molecular weight excluding hydrogens is 88.1 g/mol. The molecule has 0 bridgehead atoms. The van der Waals surface area contributed by atoms with Crippen molar-refractivity contribution < 1.29 is 0 Å². The normalized spacial score (nSPS) is 11.0. The Balaban J connectivity index is 3.27. The highest BCUT2D eigenvalue weighted by Gasteiger charge is 1.53. The molecule has 0 heterocycles. The van der Waals surface area contributed by atoms with Crippen LogP contribution in [-0.2, 0) is 0 Å². The number of nitrogens with one attached hydrogen (secondary N) is 1. The van der Waals surface area contributed by atoms with E-state index in [1.807, 2.05) is 6.92 Å². The molecule has 0 fully saturated rings. The van der Waals surface area contributed by atoms with Gasteiger partial charge < -0.3 is 5.41 Å². The maximum absolute atomic E-state index is 6.47. The quantitative estimate of drug-likeness (QED) is 0.502. The fourth-order valence-corrected chi connectivity index (χ4v) is 0.179. The molecule has 0 aromatic rings. The van der Waals surface area contributed by atoms with Crippen molar-refractivity contribution in [3.63, 3.8) is 0 Å². The number of hydrogen-bond acceptors (Lipinski definition) is 2. The van der Waals surface area contributed by atoms with Crippen LogP contribution >= 0.6 is 0 Å². The fraction of sp³-hybridized carbons (Fsp3) is 0.200. The summed E-state index contributed by atoms with van der Waals surface area (Å²) in [6, 6.07) is 0. The third kappa shape index (κ3) is 5.08. The van der Waals surface area contributed by atoms with E-state index in [2.05, 4.69) is 4.99 Å². The second-order valence-corrected chi connectivity index (χ2v) is 0.947. The minimum Gasteiger partial charge on any atom is -0.307 e. The van der Waals surface area contributed by atoms with Crippen LogP contribution in [-0.4, -0.2) is 12.4 Å². The molecule has 0 atom stereocenters. The number of nitrogens with zero attached hydrogens (tertiary/aromatic N) is 1. The Hall–Kier alpha value is -0.920. The lowest BCUT2D eigenvalue weighted by molar-refractivity contribution is 1.54. The first-order chi connectivity index (χ1) is 3.41. The molecule has 0 radical (unpaired) electrons. The van der Waals surface area contributed by atoms with Crippen LogP contribution in [0.2, 0.25) is 0 Å². The predicted molar refractivity (Wildman–Crippen MR) is 32.1 cm³/mol. The molecule has 0 saturated carbocycles. The van der Waals surface area contributed by atoms with E-state index in [1.165, 1.54) is 6.21 Å². The highest BCUT2D eigenvalue weighted by atomic mass is 14.7. The van der Waals surface area contributed by atoms with E-state index in [4.69, 9.17) is 5.41 Å². The second-order valence-electron chi connectivity index (χ2n) is 0.947. The average Bonchev–Trinajstić information content (AvgIpc) is 1.69. The van der Waals surface area contributed by atoms with Gasteiger partial charge in [0.15, 0.2) is 0 Å². The number of aliphatic imine (C=N–C) groups is 1. The van der Waals surface area contributed by atoms with Gasteiger partial charge in [-0.3, -0.25) is 4.99 Å². The van der Waals surface area contributed by atoms with E-state index >= 15 is 0 Å². The molecule has 38 valence electrons. The Morgan fingerprint density at radius 2 is 2.29 bits per heavy atom. The van der Waals surface area contributed by atoms with Crippen LogP contribution in [0, 0.1) is 5.41 Å². The van der Waals surface area contributed by atoms with Crippen molar-refractivity contribution >= 4 is 12.4 Å². The largest absolute Gasteiger partial charge is 0.307 e. The van der Waals surface area contributed by atoms with Crippen LogP contribution in [0.3, 0.4) is 0 Å². The monoisotopic (exact) mass is 96.1 g/mol. The molecule has 0 amide bonds. The minimum absolute atomic E-state index is 1.14. The SMILES string of the molecule is C/C=C\N=CC=N. The Morgan fingerprint density at radius 3 is 2.71 bits per heavy atom. The van der Waals surface area contributed by atoms with Gasteiger partial charge in [0.2, 0.25) is 0 Å². The summed E-state index contributed by atoms with van der Waals surface area (Å²) >= 11 is 0. The lowest BCUT2D eigenvalue weighted by Gasteiger charge is -1.65. The van der Waals surface area contributed by atoms with Gasteiger partial charge in [-0.25, -0.2) is 0 Å². The molecule has 1 N–H and O–H groups in total. The van der Waals surface area contributed by atoms with Crippen molar-refractivity contribution in [1.82, 2.24) is 0 Å². The van der Waals surface area contributed by atoms with Gasteiger partial charge in [0, 0.05) is 18.6 Å². The van der Waals surface area contributed by atoms with Gasteiger partial charge in [-0.15, -0.1) is 0 Å². The van der Waals surface area contributed by atoms with Gasteiger partial charge >= 0.3 is 0 Å². The van der Waals surface area contributed by atoms with Crippen molar-refractivity contribution in [3.8, 4) is 0 Å². The van der Waals surface area contributed by atoms with Gasteiger partial charge in [-0.05, 0) is 6.92 Å². The van der Waals surface area contributed by atoms with Crippen LogP contribution in [0.15, 0.2) is 17.3 Å². The van der Waals surface area contributed by atoms with Crippen LogP contribution in [0.4, 0.5) is 0 Å². The highest BCUT2D eigenvalue weighted by molar-refractivity contribution is 6.14. The third-order valence-electron chi connectivity index (χ3n) is 0.396. The van der Waals surface area contributed by atoms with Gasteiger partial charge in [0.1, 0.15) is 0 Å². The van der Waals surface area contributed by atoms with Crippen LogP contribution < -0.4 is 0 Å². The molecule has 0 unspecified atom stereocenters. The predicted octanol–water partition coefficient (Wildman–Crippen LogP) is 1.24. The van der Waals surface area contributed by atoms with Crippen LogP contribution in [0.1, 0.15) is 6.92 Å². The molecule has 0 aliphatic rings. The van der Waals surface area contributed by atoms with Crippen molar-refractivity contribution in [2.45, 2.75) is 6.92 Å². The Kier molecular flexibility index (Phi) is 4.41. The summed E-state index contributed by atoms with van der Waals surface area (Å²) in [6.45, 7) is 1.88. The molecule has 7 heavy (non-hydrogen) atoms. The number of hydrogen-bond donors (Lipinski definition) is 1. The zero-order valence-corrected chi connectivity index (χ0v) is 4.26. The highest BCUT2D eigenvalue weighted by Crippen LogP contribution is 1.66. The molecule has 0 saturated heterocycles. The standard InChI is InChI=1S/C5H8N2/c1-2-4-7-5-3-6/h2-6H,1H3/b4-2-,6-3?,7-5?. The topological polar surface area (TPSA) is 36.2 Å². The molecule has 2 nitrogen and oxygen atoms in total. The van der Waals surface area contributed by atoms with Crippen molar-refractivity contribution in [1.29, 1.82) is 5.41 Å². The van der Waals surface area contributed by atoms with Crippen molar-refractivity contribution in [2.24, 2.45) is 4.99 Å². The Bertz CT molecular complexity index is 92.3. The average molecular weight is 96.1 g/mol. The zero-order chi connectivity index (χ0) is 5.54. The zero-order valence-electron chi connectivity index (χ0n) is 4.26. The molecule has 0 aliphatic heterocycles. The summed E-state index contributed by atoms with van der Waals surface area (Å²) in [5.74, 6) is 0. The van der Waals surface area contributed by atoms with E-state index in [0.29, 0.717) is 0 Å². The van der Waals surface area contributed by atoms with E-state index in [9.17, 15) is 0 Å². The first-order valence-corrected chi connectivity index (χ1v) is 2.05. The second kappa shape index (κ2) is 5.08. The van der Waals surface area contributed by atoms with E-state index in [-0.39, 0.29) is 0 Å². The fourth-order valence-electron chi connectivity index (χ4n) is 0.179. The summed E-state index contributed by atoms with van der Waals surface area (Å²) in [5.41, 5.74) is 0. The first kappa shape index (κ1) is 6.08. The third-order valence-corrected chi connectivity index (χ3v) is 0.396. The maximum Gasteiger partial charge on any atom is 0.0443 e. The van der Waals surface area contributed by atoms with E-state index < -0.39 is 0 Å². The van der Waals surface area contributed by atoms with Gasteiger partial charge in [0.25, 0.3) is 0 Å². The smallest absolute Gasteiger partial charge is 0.0443 e. The summed E-state index contributed by atoms with van der Waals surface area (Å²) in [5, 5.41) is 6.47. The van der Waals surface area contributed by atoms with Gasteiger partial charge in [-0.2, -0.15) is 0 Å². The summed E-state index contributed by atoms with van der Waals surface area (Å²) in [7, 11) is 0. The summed E-state index contributed by atoms with van der Waals surface area (Å²) < 4.78 is 0. The minimum atomic E-state index is 1.14. The lowest BCUT2D eigenvalue weighted by atomic mass is 10.7. The van der Waals surface area contributed by atoms with Crippen LogP contribution in [0.25, 0.3) is 0 Å². The van der Waals surface area contributed by atoms with E-state index in [1.54, 1.807) is 12.3 Å². The van der Waals surface area contributed by atoms with Crippen LogP contribution in [0.5, 0.6) is 0 Å². The molecule has 2 heteroatoms. The molecular formula is C5H8N2. The maximum atomic E-state index is 6.47. The summed E-state index contributed by atoms with van der Waals surface area (Å²) in [4.78, 5) is 3.66. The molecule has 0 aromatic heterocycles. The van der Waals surface area contributed by atoms with Crippen molar-refractivity contribution in [2.75, 3.05) is 0 Å². The first-order valence-electron chi connectivity index (χ1n) is 2.05. The summed E-state index contributed by atoms with van der Waals surface area (Å²) in [6.07, 6.45) is 5.99. The Morgan fingerprint density at radius 1 is 1.57 bits per heavy atom. The number of allylic oxidation sites excluding steroid dienone is 1. The lowest BCUT2D eigenvalue weighted by Crippen LogP contribution is -1.65. The van der Waals surface area contributed by atoms with Gasteiger partial charge in [0.05, 0.1) is 0 Å². The molecule has 0 aromatic carbocycles. The van der Waals surface area contributed by atoms with E-state index in [0.717, 1.165) is 6.21 Å². The molecule has 0 aliphatic carbocycles. The molecule has 0 spiro atoms. The molecule has 0 rings (SSSR count).